The molecule has 2 aromatic rings. The largest absolute Gasteiger partial charge is 0.339 e. The Morgan fingerprint density at radius 1 is 1.33 bits per heavy atom. The van der Waals surface area contributed by atoms with E-state index >= 15 is 0 Å². The molecule has 0 spiro atoms. The van der Waals surface area contributed by atoms with Gasteiger partial charge in [0.05, 0.1) is 5.69 Å². The van der Waals surface area contributed by atoms with Crippen molar-refractivity contribution < 1.29 is 0 Å². The topological polar surface area (TPSA) is 58.9 Å². The lowest BCUT2D eigenvalue weighted by Gasteiger charge is -2.33. The molecule has 0 radical (unpaired) electrons. The summed E-state index contributed by atoms with van der Waals surface area (Å²) in [5.41, 5.74) is 2.37. The van der Waals surface area contributed by atoms with Crippen LogP contribution < -0.4 is 10.2 Å². The second kappa shape index (κ2) is 6.22. The normalized spacial score (nSPS) is 19.0. The molecule has 1 N–H and O–H groups in total. The fourth-order valence-electron chi connectivity index (χ4n) is 2.86. The van der Waals surface area contributed by atoms with E-state index in [1.807, 2.05) is 17.8 Å². The van der Waals surface area contributed by atoms with E-state index in [2.05, 4.69) is 38.4 Å². The van der Waals surface area contributed by atoms with Crippen molar-refractivity contribution in [3.63, 3.8) is 0 Å². The summed E-state index contributed by atoms with van der Waals surface area (Å²) in [6.07, 6.45) is 8.06. The van der Waals surface area contributed by atoms with Crippen LogP contribution in [0.5, 0.6) is 0 Å². The van der Waals surface area contributed by atoms with Crippen LogP contribution in [0.3, 0.4) is 0 Å². The molecule has 0 amide bonds. The maximum absolute atomic E-state index is 4.38. The monoisotopic (exact) mass is 286 g/mol. The average molecular weight is 286 g/mol. The van der Waals surface area contributed by atoms with Gasteiger partial charge in [-0.25, -0.2) is 9.97 Å². The minimum Gasteiger partial charge on any atom is -0.339 e. The molecule has 0 aromatic carbocycles. The fourth-order valence-corrected chi connectivity index (χ4v) is 2.86. The van der Waals surface area contributed by atoms with Crippen molar-refractivity contribution in [3.05, 3.63) is 35.9 Å². The summed E-state index contributed by atoms with van der Waals surface area (Å²) in [7, 11) is 1.96. The maximum Gasteiger partial charge on any atom is 0.225 e. The summed E-state index contributed by atoms with van der Waals surface area (Å²) in [5, 5.41) is 8.02. The van der Waals surface area contributed by atoms with Crippen LogP contribution in [-0.2, 0) is 13.6 Å². The smallest absolute Gasteiger partial charge is 0.225 e. The number of hydrogen-bond acceptors (Lipinski definition) is 5. The molecule has 21 heavy (non-hydrogen) atoms. The molecule has 1 fully saturated rings. The Morgan fingerprint density at radius 2 is 2.14 bits per heavy atom. The van der Waals surface area contributed by atoms with E-state index in [0.717, 1.165) is 31.3 Å². The molecule has 3 rings (SSSR count). The predicted molar refractivity (Wildman–Crippen MR) is 82.1 cm³/mol. The third-order valence-corrected chi connectivity index (χ3v) is 3.95. The zero-order valence-corrected chi connectivity index (χ0v) is 12.7. The van der Waals surface area contributed by atoms with Crippen LogP contribution >= 0.6 is 0 Å². The second-order valence-corrected chi connectivity index (χ2v) is 5.63. The highest BCUT2D eigenvalue weighted by Gasteiger charge is 2.21. The van der Waals surface area contributed by atoms with E-state index in [-0.39, 0.29) is 0 Å². The number of nitrogens with zero attached hydrogens (tertiary/aromatic N) is 5. The third kappa shape index (κ3) is 3.39. The molecule has 1 aliphatic rings. The lowest BCUT2D eigenvalue weighted by molar-refractivity contribution is 0.418. The molecule has 0 saturated carbocycles. The molecule has 1 aliphatic heterocycles. The summed E-state index contributed by atoms with van der Waals surface area (Å²) >= 11 is 0. The van der Waals surface area contributed by atoms with E-state index in [1.54, 1.807) is 12.4 Å². The van der Waals surface area contributed by atoms with Crippen LogP contribution in [0.15, 0.2) is 24.7 Å². The quantitative estimate of drug-likeness (QED) is 0.917. The van der Waals surface area contributed by atoms with Gasteiger partial charge < -0.3 is 10.2 Å². The van der Waals surface area contributed by atoms with Crippen molar-refractivity contribution in [3.8, 4) is 0 Å². The summed E-state index contributed by atoms with van der Waals surface area (Å²) < 4.78 is 1.87. The average Bonchev–Trinajstić information content (AvgIpc) is 2.84. The first-order chi connectivity index (χ1) is 10.2. The molecule has 2 aromatic heterocycles. The number of nitrogens with one attached hydrogen (secondary N) is 1. The Balaban J connectivity index is 1.58. The van der Waals surface area contributed by atoms with Gasteiger partial charge in [-0.2, -0.15) is 5.10 Å². The van der Waals surface area contributed by atoms with Gasteiger partial charge in [0.2, 0.25) is 5.95 Å². The van der Waals surface area contributed by atoms with E-state index in [1.165, 1.54) is 18.4 Å². The Labute approximate surface area is 125 Å². The van der Waals surface area contributed by atoms with Gasteiger partial charge in [-0.3, -0.25) is 4.68 Å². The van der Waals surface area contributed by atoms with E-state index in [0.29, 0.717) is 6.04 Å². The van der Waals surface area contributed by atoms with Crippen LogP contribution in [0.4, 0.5) is 5.95 Å². The number of rotatable bonds is 4. The summed E-state index contributed by atoms with van der Waals surface area (Å²) in [4.78, 5) is 11.0. The molecule has 1 atom stereocenters. The van der Waals surface area contributed by atoms with Gasteiger partial charge in [0.15, 0.2) is 0 Å². The van der Waals surface area contributed by atoms with Gasteiger partial charge in [0.25, 0.3) is 0 Å². The second-order valence-electron chi connectivity index (χ2n) is 5.63. The molecule has 3 heterocycles. The number of piperidine rings is 1. The predicted octanol–water partition coefficient (Wildman–Crippen LogP) is 1.28. The van der Waals surface area contributed by atoms with Crippen LogP contribution in [0.2, 0.25) is 0 Å². The minimum absolute atomic E-state index is 0.474. The molecular weight excluding hydrogens is 264 g/mol. The Kier molecular flexibility index (Phi) is 4.15. The molecule has 1 saturated heterocycles. The van der Waals surface area contributed by atoms with E-state index < -0.39 is 0 Å². The number of aryl methyl sites for hydroxylation is 2. The molecular formula is C15H22N6. The zero-order chi connectivity index (χ0) is 14.7. The lowest BCUT2D eigenvalue weighted by Crippen LogP contribution is -2.46. The van der Waals surface area contributed by atoms with Crippen molar-refractivity contribution in [2.45, 2.75) is 32.4 Å². The van der Waals surface area contributed by atoms with Crippen molar-refractivity contribution in [1.82, 2.24) is 25.1 Å². The Morgan fingerprint density at radius 3 is 2.86 bits per heavy atom. The molecule has 0 bridgehead atoms. The number of anilines is 1. The molecule has 0 aliphatic carbocycles. The Hall–Kier alpha value is -1.95. The van der Waals surface area contributed by atoms with Gasteiger partial charge >= 0.3 is 0 Å². The van der Waals surface area contributed by atoms with Gasteiger partial charge in [-0.15, -0.1) is 0 Å². The van der Waals surface area contributed by atoms with Gasteiger partial charge in [-0.1, -0.05) is 0 Å². The van der Waals surface area contributed by atoms with Crippen molar-refractivity contribution in [1.29, 1.82) is 0 Å². The standard InChI is InChI=1S/C15H22N6/c1-12-13(10-20(2)19-12)9-18-14-5-3-8-21(11-14)15-16-6-4-7-17-15/h4,6-7,10,14,18H,3,5,8-9,11H2,1-2H3. The highest BCUT2D eigenvalue weighted by Crippen LogP contribution is 2.16. The first-order valence-corrected chi connectivity index (χ1v) is 7.47. The first kappa shape index (κ1) is 14.0. The summed E-state index contributed by atoms with van der Waals surface area (Å²) in [6.45, 7) is 4.92. The molecule has 6 heteroatoms. The molecule has 1 unspecified atom stereocenters. The van der Waals surface area contributed by atoms with Crippen LogP contribution in [-0.4, -0.2) is 38.9 Å². The maximum atomic E-state index is 4.38. The summed E-state index contributed by atoms with van der Waals surface area (Å²) in [5.74, 6) is 0.835. The Bertz CT molecular complexity index is 579. The van der Waals surface area contributed by atoms with E-state index in [4.69, 9.17) is 0 Å². The fraction of sp³-hybridized carbons (Fsp3) is 0.533. The van der Waals surface area contributed by atoms with Crippen molar-refractivity contribution in [2.75, 3.05) is 18.0 Å². The van der Waals surface area contributed by atoms with Gasteiger partial charge in [0.1, 0.15) is 0 Å². The van der Waals surface area contributed by atoms with Crippen LogP contribution in [0.25, 0.3) is 0 Å². The van der Waals surface area contributed by atoms with Crippen LogP contribution in [0, 0.1) is 6.92 Å². The lowest BCUT2D eigenvalue weighted by atomic mass is 10.1. The minimum atomic E-state index is 0.474. The number of hydrogen-bond donors (Lipinski definition) is 1. The highest BCUT2D eigenvalue weighted by molar-refractivity contribution is 5.29. The summed E-state index contributed by atoms with van der Waals surface area (Å²) in [6, 6.07) is 2.33. The van der Waals surface area contributed by atoms with Crippen molar-refractivity contribution >= 4 is 5.95 Å². The first-order valence-electron chi connectivity index (χ1n) is 7.47. The van der Waals surface area contributed by atoms with E-state index in [9.17, 15) is 0 Å². The SMILES string of the molecule is Cc1nn(C)cc1CNC1CCCN(c2ncccn2)C1. The third-order valence-electron chi connectivity index (χ3n) is 3.95. The van der Waals surface area contributed by atoms with Gasteiger partial charge in [-0.05, 0) is 25.8 Å². The molecule has 112 valence electrons. The molecule has 6 nitrogen and oxygen atoms in total. The number of aromatic nitrogens is 4. The van der Waals surface area contributed by atoms with Crippen molar-refractivity contribution in [2.24, 2.45) is 7.05 Å². The zero-order valence-electron chi connectivity index (χ0n) is 12.7. The van der Waals surface area contributed by atoms with Gasteiger partial charge in [0, 0.05) is 56.9 Å². The highest BCUT2D eigenvalue weighted by atomic mass is 15.3. The van der Waals surface area contributed by atoms with Crippen LogP contribution in [0.1, 0.15) is 24.1 Å².